The molecule has 0 unspecified atom stereocenters. The smallest absolute Gasteiger partial charge is 0.186 e. The Hall–Kier alpha value is -1.59. The minimum atomic E-state index is 0.484. The first-order valence-electron chi connectivity index (χ1n) is 6.15. The first kappa shape index (κ1) is 13.4. The molecule has 0 fully saturated rings. The summed E-state index contributed by atoms with van der Waals surface area (Å²) in [6.45, 7) is 3.92. The van der Waals surface area contributed by atoms with Crippen LogP contribution in [0.1, 0.15) is 11.1 Å². The number of aryl methyl sites for hydroxylation is 1. The summed E-state index contributed by atoms with van der Waals surface area (Å²) >= 11 is 7.86. The largest absolute Gasteiger partial charge is 0.191 e. The van der Waals surface area contributed by atoms with E-state index < -0.39 is 0 Å². The normalized spacial score (nSPS) is 11.2. The lowest BCUT2D eigenvalue weighted by atomic mass is 10.2. The van der Waals surface area contributed by atoms with Crippen molar-refractivity contribution in [2.75, 3.05) is 6.26 Å². The SMILES string of the molecule is CSc1ccccc1-c1nnc2c(C)c(C)c(Cl)nn12. The predicted molar refractivity (Wildman–Crippen MR) is 82.5 cm³/mol. The third-order valence-corrected chi connectivity index (χ3v) is 4.54. The first-order chi connectivity index (χ1) is 9.63. The van der Waals surface area contributed by atoms with Crippen LogP contribution in [0.4, 0.5) is 0 Å². The molecule has 4 nitrogen and oxygen atoms in total. The molecule has 3 aromatic rings. The minimum Gasteiger partial charge on any atom is -0.191 e. The van der Waals surface area contributed by atoms with Crippen LogP contribution in [-0.2, 0) is 0 Å². The van der Waals surface area contributed by atoms with Gasteiger partial charge in [-0.15, -0.1) is 22.0 Å². The van der Waals surface area contributed by atoms with Crippen molar-refractivity contribution in [1.29, 1.82) is 0 Å². The number of aromatic nitrogens is 4. The summed E-state index contributed by atoms with van der Waals surface area (Å²) < 4.78 is 1.72. The molecular formula is C14H13ClN4S. The number of nitrogens with zero attached hydrogens (tertiary/aromatic N) is 4. The quantitative estimate of drug-likeness (QED) is 0.676. The van der Waals surface area contributed by atoms with Crippen LogP contribution in [-0.4, -0.2) is 26.1 Å². The fourth-order valence-corrected chi connectivity index (χ4v) is 2.90. The van der Waals surface area contributed by atoms with Crippen molar-refractivity contribution in [2.24, 2.45) is 0 Å². The van der Waals surface area contributed by atoms with E-state index in [1.165, 1.54) is 0 Å². The Balaban J connectivity index is 2.33. The highest BCUT2D eigenvalue weighted by atomic mass is 35.5. The summed E-state index contributed by atoms with van der Waals surface area (Å²) in [7, 11) is 0. The number of benzene rings is 1. The van der Waals surface area contributed by atoms with Gasteiger partial charge in [-0.1, -0.05) is 23.7 Å². The molecule has 0 aliphatic carbocycles. The Bertz CT molecular complexity index is 797. The first-order valence-corrected chi connectivity index (χ1v) is 7.75. The number of hydrogen-bond donors (Lipinski definition) is 0. The molecule has 0 N–H and O–H groups in total. The fraction of sp³-hybridized carbons (Fsp3) is 0.214. The Morgan fingerprint density at radius 1 is 1.10 bits per heavy atom. The van der Waals surface area contributed by atoms with E-state index in [9.17, 15) is 0 Å². The van der Waals surface area contributed by atoms with Gasteiger partial charge < -0.3 is 0 Å². The van der Waals surface area contributed by atoms with Crippen LogP contribution >= 0.6 is 23.4 Å². The monoisotopic (exact) mass is 304 g/mol. The van der Waals surface area contributed by atoms with Crippen molar-refractivity contribution in [3.8, 4) is 11.4 Å². The second-order valence-corrected chi connectivity index (χ2v) is 5.71. The molecule has 0 bridgehead atoms. The lowest BCUT2D eigenvalue weighted by Crippen LogP contribution is -2.00. The summed E-state index contributed by atoms with van der Waals surface area (Å²) in [6.07, 6.45) is 2.04. The molecule has 0 saturated heterocycles. The summed E-state index contributed by atoms with van der Waals surface area (Å²) in [4.78, 5) is 1.14. The van der Waals surface area contributed by atoms with Gasteiger partial charge in [-0.25, -0.2) is 0 Å². The van der Waals surface area contributed by atoms with Crippen molar-refractivity contribution in [2.45, 2.75) is 18.7 Å². The topological polar surface area (TPSA) is 43.1 Å². The van der Waals surface area contributed by atoms with Crippen molar-refractivity contribution < 1.29 is 0 Å². The van der Waals surface area contributed by atoms with Gasteiger partial charge in [0.1, 0.15) is 0 Å². The van der Waals surface area contributed by atoms with Gasteiger partial charge in [0, 0.05) is 16.0 Å². The zero-order valence-corrected chi connectivity index (χ0v) is 13.0. The number of thioether (sulfide) groups is 1. The molecule has 0 saturated carbocycles. The van der Waals surface area contributed by atoms with E-state index in [1.54, 1.807) is 16.3 Å². The van der Waals surface area contributed by atoms with E-state index >= 15 is 0 Å². The van der Waals surface area contributed by atoms with Gasteiger partial charge in [0.25, 0.3) is 0 Å². The van der Waals surface area contributed by atoms with E-state index in [-0.39, 0.29) is 0 Å². The van der Waals surface area contributed by atoms with Crippen molar-refractivity contribution in [3.05, 3.63) is 40.5 Å². The third kappa shape index (κ3) is 1.98. The molecule has 2 aromatic heterocycles. The molecule has 0 aliphatic heterocycles. The van der Waals surface area contributed by atoms with Crippen LogP contribution in [0.3, 0.4) is 0 Å². The van der Waals surface area contributed by atoms with Gasteiger partial charge >= 0.3 is 0 Å². The number of fused-ring (bicyclic) bond motifs is 1. The highest BCUT2D eigenvalue weighted by molar-refractivity contribution is 7.98. The summed E-state index contributed by atoms with van der Waals surface area (Å²) in [5.74, 6) is 0.718. The van der Waals surface area contributed by atoms with Crippen LogP contribution in [0.15, 0.2) is 29.2 Å². The Morgan fingerprint density at radius 3 is 2.60 bits per heavy atom. The molecule has 102 valence electrons. The highest BCUT2D eigenvalue weighted by Crippen LogP contribution is 2.30. The van der Waals surface area contributed by atoms with Crippen LogP contribution in [0.2, 0.25) is 5.15 Å². The maximum atomic E-state index is 6.19. The third-order valence-electron chi connectivity index (χ3n) is 3.38. The average Bonchev–Trinajstić information content (AvgIpc) is 2.88. The van der Waals surface area contributed by atoms with E-state index in [0.717, 1.165) is 33.1 Å². The molecule has 0 spiro atoms. The zero-order valence-electron chi connectivity index (χ0n) is 11.4. The van der Waals surface area contributed by atoms with Gasteiger partial charge in [-0.3, -0.25) is 0 Å². The molecule has 3 rings (SSSR count). The maximum absolute atomic E-state index is 6.19. The zero-order chi connectivity index (χ0) is 14.3. The molecule has 2 heterocycles. The van der Waals surface area contributed by atoms with E-state index in [1.807, 2.05) is 38.3 Å². The second kappa shape index (κ2) is 5.07. The summed E-state index contributed by atoms with van der Waals surface area (Å²) in [5, 5.41) is 13.4. The van der Waals surface area contributed by atoms with Crippen LogP contribution in [0, 0.1) is 13.8 Å². The molecular weight excluding hydrogens is 292 g/mol. The summed E-state index contributed by atoms with van der Waals surface area (Å²) in [6, 6.07) is 8.07. The van der Waals surface area contributed by atoms with E-state index in [4.69, 9.17) is 11.6 Å². The molecule has 0 radical (unpaired) electrons. The molecule has 20 heavy (non-hydrogen) atoms. The Morgan fingerprint density at radius 2 is 1.85 bits per heavy atom. The standard InChI is InChI=1S/C14H13ClN4S/c1-8-9(2)13-16-17-14(19(13)18-12(8)15)10-6-4-5-7-11(10)20-3/h4-7H,1-3H3. The van der Waals surface area contributed by atoms with E-state index in [0.29, 0.717) is 5.15 Å². The molecule has 0 amide bonds. The average molecular weight is 305 g/mol. The molecule has 0 aliphatic rings. The van der Waals surface area contributed by atoms with Gasteiger partial charge in [0.2, 0.25) is 0 Å². The lowest BCUT2D eigenvalue weighted by molar-refractivity contribution is 0.916. The van der Waals surface area contributed by atoms with Crippen molar-refractivity contribution in [3.63, 3.8) is 0 Å². The highest BCUT2D eigenvalue weighted by Gasteiger charge is 2.16. The van der Waals surface area contributed by atoms with Gasteiger partial charge in [-0.05, 0) is 37.8 Å². The fourth-order valence-electron chi connectivity index (χ4n) is 2.09. The Kier molecular flexibility index (Phi) is 3.40. The summed E-state index contributed by atoms with van der Waals surface area (Å²) in [5.41, 5.74) is 3.71. The maximum Gasteiger partial charge on any atom is 0.186 e. The molecule has 0 atom stereocenters. The van der Waals surface area contributed by atoms with Crippen molar-refractivity contribution >= 4 is 29.0 Å². The van der Waals surface area contributed by atoms with Gasteiger partial charge in [0.05, 0.1) is 0 Å². The number of hydrogen-bond acceptors (Lipinski definition) is 4. The number of halogens is 1. The number of rotatable bonds is 2. The van der Waals surface area contributed by atoms with Crippen molar-refractivity contribution in [1.82, 2.24) is 19.8 Å². The van der Waals surface area contributed by atoms with Gasteiger partial charge in [-0.2, -0.15) is 9.61 Å². The second-order valence-electron chi connectivity index (χ2n) is 4.50. The van der Waals surface area contributed by atoms with Crippen LogP contribution < -0.4 is 0 Å². The predicted octanol–water partition coefficient (Wildman–Crippen LogP) is 3.78. The van der Waals surface area contributed by atoms with Crippen LogP contribution in [0.5, 0.6) is 0 Å². The minimum absolute atomic E-state index is 0.484. The lowest BCUT2D eigenvalue weighted by Gasteiger charge is -2.07. The molecule has 1 aromatic carbocycles. The van der Waals surface area contributed by atoms with Gasteiger partial charge in [0.15, 0.2) is 16.6 Å². The molecule has 6 heteroatoms. The Labute approximate surface area is 126 Å². The van der Waals surface area contributed by atoms with Crippen LogP contribution in [0.25, 0.3) is 17.0 Å². The van der Waals surface area contributed by atoms with E-state index in [2.05, 4.69) is 21.4 Å².